The molecule has 7 heteroatoms. The topological polar surface area (TPSA) is 90.5 Å². The van der Waals surface area contributed by atoms with E-state index in [2.05, 4.69) is 16.0 Å². The summed E-state index contributed by atoms with van der Waals surface area (Å²) in [6.45, 7) is 3.64. The Morgan fingerprint density at radius 2 is 1.48 bits per heavy atom. The fraction of sp³-hybridized carbons (Fsp3) is 0.375. The van der Waals surface area contributed by atoms with E-state index in [0.717, 1.165) is 38.0 Å². The molecule has 2 aromatic carbocycles. The lowest BCUT2D eigenvalue weighted by Gasteiger charge is -2.26. The minimum absolute atomic E-state index is 0.0236. The van der Waals surface area contributed by atoms with Crippen LogP contribution in [0.5, 0.6) is 0 Å². The number of carbonyl (C=O) groups excluding carboxylic acids is 3. The van der Waals surface area contributed by atoms with Crippen molar-refractivity contribution >= 4 is 34.8 Å². The van der Waals surface area contributed by atoms with Crippen molar-refractivity contribution in [2.75, 3.05) is 35.6 Å². The van der Waals surface area contributed by atoms with E-state index in [0.29, 0.717) is 23.4 Å². The van der Waals surface area contributed by atoms with Crippen molar-refractivity contribution in [2.24, 2.45) is 0 Å². The molecule has 7 nitrogen and oxygen atoms in total. The number of nitrogens with one attached hydrogen (secondary N) is 3. The van der Waals surface area contributed by atoms with E-state index in [1.807, 2.05) is 30.0 Å². The van der Waals surface area contributed by atoms with Gasteiger partial charge in [-0.2, -0.15) is 0 Å². The summed E-state index contributed by atoms with van der Waals surface area (Å²) in [5, 5.41) is 8.71. The van der Waals surface area contributed by atoms with Gasteiger partial charge in [-0.15, -0.1) is 0 Å². The fourth-order valence-electron chi connectivity index (χ4n) is 3.52. The molecule has 164 valence electrons. The molecule has 0 aliphatic carbocycles. The van der Waals surface area contributed by atoms with Crippen molar-refractivity contribution in [2.45, 2.75) is 39.0 Å². The average molecular weight is 423 g/mol. The Morgan fingerprint density at radius 1 is 0.839 bits per heavy atom. The van der Waals surface area contributed by atoms with E-state index < -0.39 is 0 Å². The molecule has 0 unspecified atom stereocenters. The Morgan fingerprint density at radius 3 is 2.13 bits per heavy atom. The summed E-state index contributed by atoms with van der Waals surface area (Å²) in [6.07, 6.45) is 4.56. The molecule has 1 saturated heterocycles. The zero-order valence-electron chi connectivity index (χ0n) is 17.9. The number of nitrogens with zero attached hydrogens (tertiary/aromatic N) is 1. The van der Waals surface area contributed by atoms with Crippen molar-refractivity contribution in [3.8, 4) is 0 Å². The van der Waals surface area contributed by atoms with Gasteiger partial charge in [0.1, 0.15) is 0 Å². The van der Waals surface area contributed by atoms with Crippen LogP contribution < -0.4 is 16.0 Å². The molecule has 31 heavy (non-hydrogen) atoms. The van der Waals surface area contributed by atoms with Gasteiger partial charge in [0.15, 0.2) is 0 Å². The lowest BCUT2D eigenvalue weighted by Crippen LogP contribution is -2.35. The fourth-order valence-corrected chi connectivity index (χ4v) is 3.52. The van der Waals surface area contributed by atoms with Gasteiger partial charge in [-0.25, -0.2) is 0 Å². The molecule has 3 amide bonds. The standard InChI is InChI=1S/C24H30N4O3/c1-2-7-22(29)26-19-10-12-20(13-11-19)27-23(30)17-25-21-9-6-8-18(16-21)24(31)28-14-4-3-5-15-28/h6,8-13,16,25H,2-5,7,14-15,17H2,1H3,(H,26,29)(H,27,30). The van der Waals surface area contributed by atoms with Crippen LogP contribution in [0.3, 0.4) is 0 Å². The molecule has 3 N–H and O–H groups in total. The van der Waals surface area contributed by atoms with Gasteiger partial charge in [0, 0.05) is 42.1 Å². The molecule has 0 spiro atoms. The van der Waals surface area contributed by atoms with Crippen LogP contribution in [0, 0.1) is 0 Å². The molecule has 2 aromatic rings. The molecule has 1 aliphatic heterocycles. The molecule has 0 aromatic heterocycles. The lowest BCUT2D eigenvalue weighted by molar-refractivity contribution is -0.116. The van der Waals surface area contributed by atoms with Crippen molar-refractivity contribution in [1.82, 2.24) is 4.90 Å². The number of benzene rings is 2. The van der Waals surface area contributed by atoms with Crippen LogP contribution in [-0.4, -0.2) is 42.3 Å². The zero-order chi connectivity index (χ0) is 22.1. The Kier molecular flexibility index (Phi) is 8.04. The number of carbonyl (C=O) groups is 3. The molecule has 0 bridgehead atoms. The summed E-state index contributed by atoms with van der Waals surface area (Å²) in [6, 6.07) is 14.3. The van der Waals surface area contributed by atoms with Crippen LogP contribution in [0.2, 0.25) is 0 Å². The van der Waals surface area contributed by atoms with Gasteiger partial charge in [-0.05, 0) is 68.1 Å². The highest BCUT2D eigenvalue weighted by Gasteiger charge is 2.18. The number of likely N-dealkylation sites (tertiary alicyclic amines) is 1. The molecule has 3 rings (SSSR count). The second kappa shape index (κ2) is 11.2. The van der Waals surface area contributed by atoms with Crippen molar-refractivity contribution in [3.63, 3.8) is 0 Å². The van der Waals surface area contributed by atoms with Crippen LogP contribution in [0.15, 0.2) is 48.5 Å². The van der Waals surface area contributed by atoms with Crippen LogP contribution >= 0.6 is 0 Å². The first-order valence-corrected chi connectivity index (χ1v) is 10.9. The first-order valence-electron chi connectivity index (χ1n) is 10.9. The number of piperidine rings is 1. The second-order valence-corrected chi connectivity index (χ2v) is 7.71. The number of rotatable bonds is 8. The van der Waals surface area contributed by atoms with Crippen molar-refractivity contribution in [1.29, 1.82) is 0 Å². The second-order valence-electron chi connectivity index (χ2n) is 7.71. The van der Waals surface area contributed by atoms with E-state index in [1.54, 1.807) is 30.3 Å². The van der Waals surface area contributed by atoms with Gasteiger partial charge in [0.25, 0.3) is 5.91 Å². The van der Waals surface area contributed by atoms with Crippen LogP contribution in [0.25, 0.3) is 0 Å². The van der Waals surface area contributed by atoms with E-state index in [-0.39, 0.29) is 24.3 Å². The number of anilines is 3. The lowest BCUT2D eigenvalue weighted by atomic mass is 10.1. The van der Waals surface area contributed by atoms with Gasteiger partial charge in [0.05, 0.1) is 6.54 Å². The summed E-state index contributed by atoms with van der Waals surface area (Å²) in [5.41, 5.74) is 2.71. The van der Waals surface area contributed by atoms with Gasteiger partial charge >= 0.3 is 0 Å². The molecular formula is C24H30N4O3. The highest BCUT2D eigenvalue weighted by atomic mass is 16.2. The van der Waals surface area contributed by atoms with E-state index in [9.17, 15) is 14.4 Å². The number of hydrogen-bond donors (Lipinski definition) is 3. The minimum atomic E-state index is -0.199. The van der Waals surface area contributed by atoms with Crippen molar-refractivity contribution in [3.05, 3.63) is 54.1 Å². The van der Waals surface area contributed by atoms with E-state index in [4.69, 9.17) is 0 Å². The summed E-state index contributed by atoms with van der Waals surface area (Å²) >= 11 is 0. The van der Waals surface area contributed by atoms with Gasteiger partial charge < -0.3 is 20.9 Å². The highest BCUT2D eigenvalue weighted by molar-refractivity contribution is 5.96. The third kappa shape index (κ3) is 6.84. The quantitative estimate of drug-likeness (QED) is 0.597. The number of hydrogen-bond acceptors (Lipinski definition) is 4. The molecule has 0 radical (unpaired) electrons. The maximum atomic E-state index is 12.7. The molecule has 0 atom stereocenters. The predicted octanol–water partition coefficient (Wildman–Crippen LogP) is 4.10. The molecule has 0 saturated carbocycles. The third-order valence-corrected chi connectivity index (χ3v) is 5.14. The average Bonchev–Trinajstić information content (AvgIpc) is 2.79. The van der Waals surface area contributed by atoms with Gasteiger partial charge in [0.2, 0.25) is 11.8 Å². The Balaban J connectivity index is 1.49. The third-order valence-electron chi connectivity index (χ3n) is 5.14. The monoisotopic (exact) mass is 422 g/mol. The highest BCUT2D eigenvalue weighted by Crippen LogP contribution is 2.17. The Hall–Kier alpha value is -3.35. The first-order chi connectivity index (χ1) is 15.0. The summed E-state index contributed by atoms with van der Waals surface area (Å²) in [5.74, 6) is -0.182. The van der Waals surface area contributed by atoms with Crippen LogP contribution in [0.1, 0.15) is 49.4 Å². The van der Waals surface area contributed by atoms with Crippen LogP contribution in [0.4, 0.5) is 17.1 Å². The Labute approximate surface area is 183 Å². The summed E-state index contributed by atoms with van der Waals surface area (Å²) < 4.78 is 0. The van der Waals surface area contributed by atoms with Gasteiger partial charge in [-0.3, -0.25) is 14.4 Å². The van der Waals surface area contributed by atoms with E-state index in [1.165, 1.54) is 6.42 Å². The first kappa shape index (κ1) is 22.3. The maximum Gasteiger partial charge on any atom is 0.253 e. The van der Waals surface area contributed by atoms with Crippen LogP contribution in [-0.2, 0) is 9.59 Å². The Bertz CT molecular complexity index is 905. The molecular weight excluding hydrogens is 392 g/mol. The number of amides is 3. The van der Waals surface area contributed by atoms with E-state index >= 15 is 0 Å². The molecule has 1 heterocycles. The molecule has 1 aliphatic rings. The smallest absolute Gasteiger partial charge is 0.253 e. The maximum absolute atomic E-state index is 12.7. The minimum Gasteiger partial charge on any atom is -0.376 e. The molecule has 1 fully saturated rings. The van der Waals surface area contributed by atoms with Gasteiger partial charge in [-0.1, -0.05) is 13.0 Å². The summed E-state index contributed by atoms with van der Waals surface area (Å²) in [4.78, 5) is 38.5. The largest absolute Gasteiger partial charge is 0.376 e. The normalized spacial score (nSPS) is 13.4. The predicted molar refractivity (Wildman–Crippen MR) is 123 cm³/mol. The van der Waals surface area contributed by atoms with Crippen molar-refractivity contribution < 1.29 is 14.4 Å². The summed E-state index contributed by atoms with van der Waals surface area (Å²) in [7, 11) is 0. The zero-order valence-corrected chi connectivity index (χ0v) is 17.9. The SMILES string of the molecule is CCCC(=O)Nc1ccc(NC(=O)CNc2cccc(C(=O)N3CCCCC3)c2)cc1.